The van der Waals surface area contributed by atoms with Crippen LogP contribution in [0.4, 0.5) is 0 Å². The van der Waals surface area contributed by atoms with E-state index in [4.69, 9.17) is 0 Å². The molecule has 0 heterocycles. The van der Waals surface area contributed by atoms with E-state index in [2.05, 4.69) is 0 Å². The fraction of sp³-hybridized carbons (Fsp3) is 0. The molecule has 0 aliphatic heterocycles. The Hall–Kier alpha value is 0.488. The second-order valence-corrected chi connectivity index (χ2v) is 0. The maximum Gasteiger partial charge on any atom is 2.00 e. The standard InChI is InChI=1S/4H3N.H2O.Pt/h4*1H3;1H2;/q;;;;;+2/p-1. The van der Waals surface area contributed by atoms with Gasteiger partial charge in [-0.25, -0.2) is 0 Å². The minimum Gasteiger partial charge on any atom is -0.870 e. The average Bonchev–Trinajstić information content (AvgIpc) is 0. The molecule has 6 heteroatoms. The zero-order valence-electron chi connectivity index (χ0n) is 3.59. The van der Waals surface area contributed by atoms with Crippen molar-refractivity contribution >= 4 is 0 Å². The van der Waals surface area contributed by atoms with Crippen LogP contribution >= 0.6 is 0 Å². The monoisotopic (exact) mass is 280 g/mol. The third-order valence-corrected chi connectivity index (χ3v) is 0. The van der Waals surface area contributed by atoms with Crippen LogP contribution in [0.5, 0.6) is 0 Å². The zero-order chi connectivity index (χ0) is 0. The Morgan fingerprint density at radius 2 is 0.500 bits per heavy atom. The van der Waals surface area contributed by atoms with Gasteiger partial charge in [0.1, 0.15) is 0 Å². The van der Waals surface area contributed by atoms with Gasteiger partial charge in [0.15, 0.2) is 0 Å². The van der Waals surface area contributed by atoms with E-state index in [-0.39, 0.29) is 51.1 Å². The van der Waals surface area contributed by atoms with Gasteiger partial charge in [-0.3, -0.25) is 0 Å². The quantitative estimate of drug-likeness (QED) is 0.504. The molecule has 0 aromatic rings. The van der Waals surface area contributed by atoms with Crippen molar-refractivity contribution in [3.63, 3.8) is 0 Å². The van der Waals surface area contributed by atoms with Crippen molar-refractivity contribution in [1.29, 1.82) is 0 Å². The summed E-state index contributed by atoms with van der Waals surface area (Å²) < 4.78 is 0. The van der Waals surface area contributed by atoms with Crippen LogP contribution in [-0.4, -0.2) is 5.48 Å². The molecule has 0 aromatic heterocycles. The second-order valence-electron chi connectivity index (χ2n) is 0. The fourth-order valence-corrected chi connectivity index (χ4v) is 0. The van der Waals surface area contributed by atoms with Gasteiger partial charge in [-0.1, -0.05) is 0 Å². The molecule has 5 nitrogen and oxygen atoms in total. The van der Waals surface area contributed by atoms with Crippen molar-refractivity contribution < 1.29 is 26.5 Å². The molecule has 0 aromatic carbocycles. The van der Waals surface area contributed by atoms with E-state index in [0.29, 0.717) is 0 Å². The Balaban J connectivity index is 0. The van der Waals surface area contributed by atoms with E-state index in [1.165, 1.54) is 0 Å². The van der Waals surface area contributed by atoms with E-state index in [9.17, 15) is 0 Å². The molecule has 0 aliphatic rings. The Bertz CT molecular complexity index is 7.51. The number of hydrogen-bond donors (Lipinski definition) is 4. The van der Waals surface area contributed by atoms with Crippen LogP contribution in [0.25, 0.3) is 0 Å². The molecule has 0 amide bonds. The smallest absolute Gasteiger partial charge is 0.870 e. The minimum absolute atomic E-state index is 0. The van der Waals surface area contributed by atoms with Crippen LogP contribution in [0, 0.1) is 0 Å². The molecule has 13 N–H and O–H groups in total. The second kappa shape index (κ2) is 464. The summed E-state index contributed by atoms with van der Waals surface area (Å²) in [5.74, 6) is 0. The number of rotatable bonds is 0. The summed E-state index contributed by atoms with van der Waals surface area (Å²) in [6.07, 6.45) is 0. The molecule has 0 unspecified atom stereocenters. The van der Waals surface area contributed by atoms with Crippen LogP contribution in [0.1, 0.15) is 0 Å². The summed E-state index contributed by atoms with van der Waals surface area (Å²) in [6, 6.07) is 0. The topological polar surface area (TPSA) is 170 Å². The third kappa shape index (κ3) is 229. The summed E-state index contributed by atoms with van der Waals surface area (Å²) in [4.78, 5) is 0. The molecule has 0 fully saturated rings. The predicted molar refractivity (Wildman–Crippen MR) is 22.0 cm³/mol. The van der Waals surface area contributed by atoms with Gasteiger partial charge in [-0.05, 0) is 0 Å². The molecule has 0 rings (SSSR count). The van der Waals surface area contributed by atoms with Gasteiger partial charge in [0.05, 0.1) is 0 Å². The van der Waals surface area contributed by atoms with E-state index < -0.39 is 0 Å². The predicted octanol–water partition coefficient (Wildman–Crippen LogP) is 0.469. The largest absolute Gasteiger partial charge is 2.00 e. The summed E-state index contributed by atoms with van der Waals surface area (Å²) in [7, 11) is 0. The van der Waals surface area contributed by atoms with E-state index >= 15 is 0 Å². The van der Waals surface area contributed by atoms with E-state index in [1.807, 2.05) is 0 Å². The summed E-state index contributed by atoms with van der Waals surface area (Å²) in [5.41, 5.74) is 0. The first-order valence-electron chi connectivity index (χ1n) is 0. The molecule has 0 atom stereocenters. The molecule has 48 valence electrons. The molecule has 0 aliphatic carbocycles. The van der Waals surface area contributed by atoms with Crippen molar-refractivity contribution in [2.75, 3.05) is 0 Å². The van der Waals surface area contributed by atoms with Gasteiger partial charge < -0.3 is 30.1 Å². The van der Waals surface area contributed by atoms with Crippen molar-refractivity contribution in [2.24, 2.45) is 0 Å². The Labute approximate surface area is 51.8 Å². The van der Waals surface area contributed by atoms with Gasteiger partial charge in [0.25, 0.3) is 0 Å². The molecular formula is H13N4OPt+. The number of hydrogen-bond acceptors (Lipinski definition) is 5. The van der Waals surface area contributed by atoms with Crippen LogP contribution < -0.4 is 24.6 Å². The Kier molecular flexibility index (Phi) is 63300. The Morgan fingerprint density at radius 3 is 0.500 bits per heavy atom. The van der Waals surface area contributed by atoms with Crippen molar-refractivity contribution in [2.45, 2.75) is 0 Å². The van der Waals surface area contributed by atoms with Crippen LogP contribution in [-0.2, 0) is 21.1 Å². The fourth-order valence-electron chi connectivity index (χ4n) is 0. The molecule has 0 saturated heterocycles. The molecule has 0 spiro atoms. The van der Waals surface area contributed by atoms with Crippen molar-refractivity contribution in [3.05, 3.63) is 0 Å². The van der Waals surface area contributed by atoms with Gasteiger partial charge in [-0.15, -0.1) is 0 Å². The molecule has 0 saturated carbocycles. The molecule has 0 bridgehead atoms. The van der Waals surface area contributed by atoms with E-state index in [1.54, 1.807) is 0 Å². The third-order valence-electron chi connectivity index (χ3n) is 0. The summed E-state index contributed by atoms with van der Waals surface area (Å²) in [5, 5.41) is 0. The summed E-state index contributed by atoms with van der Waals surface area (Å²) in [6.45, 7) is 0. The van der Waals surface area contributed by atoms with Gasteiger partial charge in [-0.2, -0.15) is 0 Å². The van der Waals surface area contributed by atoms with Crippen LogP contribution in [0.15, 0.2) is 0 Å². The first kappa shape index (κ1) is 820. The van der Waals surface area contributed by atoms with Crippen molar-refractivity contribution in [3.8, 4) is 0 Å². The van der Waals surface area contributed by atoms with Crippen LogP contribution in [0.3, 0.4) is 0 Å². The maximum atomic E-state index is 0. The molecule has 0 radical (unpaired) electrons. The van der Waals surface area contributed by atoms with Crippen molar-refractivity contribution in [1.82, 2.24) is 24.6 Å². The van der Waals surface area contributed by atoms with Gasteiger partial charge >= 0.3 is 21.1 Å². The normalized spacial score (nSPS) is 0. The first-order valence-corrected chi connectivity index (χ1v) is 0. The Morgan fingerprint density at radius 1 is 0.500 bits per heavy atom. The molecule has 6 heavy (non-hydrogen) atoms. The first-order chi connectivity index (χ1) is 0. The average molecular weight is 280 g/mol. The SMILES string of the molecule is N.N.N.N.[OH-].[Pt+2]. The van der Waals surface area contributed by atoms with Gasteiger partial charge in [0.2, 0.25) is 0 Å². The molecular weight excluding hydrogens is 267 g/mol. The minimum atomic E-state index is 0. The van der Waals surface area contributed by atoms with E-state index in [0.717, 1.165) is 0 Å². The summed E-state index contributed by atoms with van der Waals surface area (Å²) >= 11 is 0. The van der Waals surface area contributed by atoms with Gasteiger partial charge in [0, 0.05) is 0 Å². The zero-order valence-corrected chi connectivity index (χ0v) is 5.86. The van der Waals surface area contributed by atoms with Crippen LogP contribution in [0.2, 0.25) is 0 Å². The maximum absolute atomic E-state index is 0.